The number of ketones is 1. The van der Waals surface area contributed by atoms with Gasteiger partial charge < -0.3 is 20.7 Å². The number of benzene rings is 1. The number of aryl methyl sites for hydroxylation is 1. The Balaban J connectivity index is 1.77. The van der Waals surface area contributed by atoms with Crippen molar-refractivity contribution in [3.05, 3.63) is 66.0 Å². The fourth-order valence-electron chi connectivity index (χ4n) is 4.30. The summed E-state index contributed by atoms with van der Waals surface area (Å²) in [4.78, 5) is 55.9. The Morgan fingerprint density at radius 3 is 2.08 bits per heavy atom. The number of ether oxygens (including phenoxy) is 1. The van der Waals surface area contributed by atoms with Crippen LogP contribution < -0.4 is 16.0 Å². The van der Waals surface area contributed by atoms with E-state index in [2.05, 4.69) is 20.9 Å². The Hall–Kier alpha value is -3.59. The van der Waals surface area contributed by atoms with Gasteiger partial charge in [-0.05, 0) is 55.4 Å². The molecule has 204 valence electrons. The number of carbonyl (C=O) groups excluding carboxylic acids is 4. The number of hydrogen-bond acceptors (Lipinski definition) is 6. The normalized spacial score (nSPS) is 18.7. The van der Waals surface area contributed by atoms with Crippen LogP contribution in [0.4, 0.5) is 0 Å². The highest BCUT2D eigenvalue weighted by atomic mass is 16.6. The summed E-state index contributed by atoms with van der Waals surface area (Å²) >= 11 is 0. The Kier molecular flexibility index (Phi) is 10.1. The molecule has 38 heavy (non-hydrogen) atoms. The lowest BCUT2D eigenvalue weighted by Crippen LogP contribution is -2.57. The van der Waals surface area contributed by atoms with E-state index in [0.29, 0.717) is 25.9 Å². The molecule has 3 N–H and O–H groups in total. The predicted molar refractivity (Wildman–Crippen MR) is 143 cm³/mol. The molecule has 1 fully saturated rings. The van der Waals surface area contributed by atoms with Crippen LogP contribution in [0.25, 0.3) is 0 Å². The average molecular weight is 523 g/mol. The van der Waals surface area contributed by atoms with Crippen LogP contribution in [0.1, 0.15) is 51.7 Å². The van der Waals surface area contributed by atoms with E-state index < -0.39 is 35.5 Å². The van der Waals surface area contributed by atoms with Crippen molar-refractivity contribution in [1.82, 2.24) is 20.9 Å². The summed E-state index contributed by atoms with van der Waals surface area (Å²) in [6.07, 6.45) is 4.81. The molecule has 0 bridgehead atoms. The van der Waals surface area contributed by atoms with E-state index >= 15 is 0 Å². The number of aromatic nitrogens is 1. The highest BCUT2D eigenvalue weighted by Crippen LogP contribution is 2.29. The van der Waals surface area contributed by atoms with Gasteiger partial charge in [0.1, 0.15) is 17.7 Å². The number of hydrogen-bond donors (Lipinski definition) is 3. The summed E-state index contributed by atoms with van der Waals surface area (Å²) in [7, 11) is 0. The molecule has 1 unspecified atom stereocenters. The second-order valence-corrected chi connectivity index (χ2v) is 10.5. The van der Waals surface area contributed by atoms with Crippen molar-refractivity contribution in [2.75, 3.05) is 6.61 Å². The molecule has 1 aliphatic rings. The second-order valence-electron chi connectivity index (χ2n) is 10.5. The Morgan fingerprint density at radius 2 is 1.50 bits per heavy atom. The van der Waals surface area contributed by atoms with Crippen molar-refractivity contribution in [2.24, 2.45) is 5.92 Å². The third-order valence-electron chi connectivity index (χ3n) is 6.52. The van der Waals surface area contributed by atoms with Crippen LogP contribution in [0.15, 0.2) is 54.9 Å². The maximum Gasteiger partial charge on any atom is 0.243 e. The smallest absolute Gasteiger partial charge is 0.243 e. The van der Waals surface area contributed by atoms with Crippen LogP contribution >= 0.6 is 0 Å². The lowest BCUT2D eigenvalue weighted by atomic mass is 9.93. The highest BCUT2D eigenvalue weighted by Gasteiger charge is 2.50. The number of rotatable bonds is 14. The molecular formula is C29H38N4O5. The molecule has 0 spiro atoms. The molecule has 0 aliphatic carbocycles. The molecule has 1 aliphatic heterocycles. The molecule has 1 aromatic carbocycles. The van der Waals surface area contributed by atoms with Gasteiger partial charge in [-0.25, -0.2) is 0 Å². The van der Waals surface area contributed by atoms with Crippen LogP contribution in [-0.4, -0.2) is 58.8 Å². The van der Waals surface area contributed by atoms with Gasteiger partial charge >= 0.3 is 0 Å². The largest absolute Gasteiger partial charge is 0.361 e. The lowest BCUT2D eigenvalue weighted by molar-refractivity contribution is -0.134. The zero-order valence-corrected chi connectivity index (χ0v) is 22.5. The molecule has 2 heterocycles. The number of Topliss-reactive ketones (excluding diaryl/α,β-unsaturated/α-hetero) is 1. The molecule has 9 nitrogen and oxygen atoms in total. The van der Waals surface area contributed by atoms with Crippen molar-refractivity contribution in [1.29, 1.82) is 0 Å². The van der Waals surface area contributed by atoms with E-state index in [1.165, 1.54) is 6.92 Å². The molecule has 1 aromatic heterocycles. The van der Waals surface area contributed by atoms with Gasteiger partial charge in [0.15, 0.2) is 5.78 Å². The minimum atomic E-state index is -0.965. The van der Waals surface area contributed by atoms with Crippen LogP contribution in [0.2, 0.25) is 0 Å². The SMILES string of the molecule is CC(=O)N[C@@H](CCc1ccccc1)C(=O)N[C@@H](Cc1ccncc1)C(=O)NC(CC(C)C)C(=O)[C@@]1(C)CO1. The zero-order chi connectivity index (χ0) is 27.7. The third kappa shape index (κ3) is 8.76. The Labute approximate surface area is 224 Å². The van der Waals surface area contributed by atoms with Crippen molar-refractivity contribution in [3.63, 3.8) is 0 Å². The first-order valence-corrected chi connectivity index (χ1v) is 13.1. The van der Waals surface area contributed by atoms with Crippen LogP contribution in [0, 0.1) is 5.92 Å². The molecule has 9 heteroatoms. The second kappa shape index (κ2) is 13.3. The third-order valence-corrected chi connectivity index (χ3v) is 6.52. The van der Waals surface area contributed by atoms with E-state index in [1.807, 2.05) is 44.2 Å². The summed E-state index contributed by atoms with van der Waals surface area (Å²) in [5.41, 5.74) is 0.947. The topological polar surface area (TPSA) is 130 Å². The standard InChI is InChI=1S/C29H38N4O5/c1-19(2)16-24(26(35)29(4)18-38-29)32-28(37)25(17-22-12-14-30-15-13-22)33-27(36)23(31-20(3)34)11-10-21-8-6-5-7-9-21/h5-9,12-15,19,23-25H,10-11,16-18H2,1-4H3,(H,31,34)(H,32,37)(H,33,36)/t23-,24?,25-,29+/m0/s1. The summed E-state index contributed by atoms with van der Waals surface area (Å²) < 4.78 is 5.34. The van der Waals surface area contributed by atoms with E-state index in [1.54, 1.807) is 31.5 Å². The molecule has 4 atom stereocenters. The summed E-state index contributed by atoms with van der Waals surface area (Å²) in [5, 5.41) is 8.41. The summed E-state index contributed by atoms with van der Waals surface area (Å²) in [5.74, 6) is -1.29. The van der Waals surface area contributed by atoms with Gasteiger partial charge in [-0.15, -0.1) is 0 Å². The first-order valence-electron chi connectivity index (χ1n) is 13.1. The molecular weight excluding hydrogens is 484 g/mol. The van der Waals surface area contributed by atoms with Crippen LogP contribution in [0.3, 0.4) is 0 Å². The molecule has 0 radical (unpaired) electrons. The lowest BCUT2D eigenvalue weighted by Gasteiger charge is -2.26. The molecule has 2 aromatic rings. The van der Waals surface area contributed by atoms with Gasteiger partial charge in [0.2, 0.25) is 17.7 Å². The van der Waals surface area contributed by atoms with Gasteiger partial charge in [-0.1, -0.05) is 44.2 Å². The maximum atomic E-state index is 13.5. The van der Waals surface area contributed by atoms with Gasteiger partial charge in [0, 0.05) is 25.7 Å². The first kappa shape index (κ1) is 29.0. The van der Waals surface area contributed by atoms with Gasteiger partial charge in [-0.3, -0.25) is 24.2 Å². The predicted octanol–water partition coefficient (Wildman–Crippen LogP) is 2.14. The summed E-state index contributed by atoms with van der Waals surface area (Å²) in [6.45, 7) is 7.35. The first-order chi connectivity index (χ1) is 18.1. The van der Waals surface area contributed by atoms with E-state index in [0.717, 1.165) is 11.1 Å². The number of epoxide rings is 1. The highest BCUT2D eigenvalue weighted by molar-refractivity contribution is 5.98. The molecule has 1 saturated heterocycles. The van der Waals surface area contributed by atoms with Crippen molar-refractivity contribution >= 4 is 23.5 Å². The van der Waals surface area contributed by atoms with Crippen molar-refractivity contribution in [3.8, 4) is 0 Å². The van der Waals surface area contributed by atoms with E-state index in [9.17, 15) is 19.2 Å². The number of nitrogens with zero attached hydrogens (tertiary/aromatic N) is 1. The maximum absolute atomic E-state index is 13.5. The van der Waals surface area contributed by atoms with E-state index in [-0.39, 0.29) is 24.0 Å². The minimum Gasteiger partial charge on any atom is -0.361 e. The summed E-state index contributed by atoms with van der Waals surface area (Å²) in [6, 6.07) is 10.7. The average Bonchev–Trinajstić information content (AvgIpc) is 3.64. The fraction of sp³-hybridized carbons (Fsp3) is 0.483. The van der Waals surface area contributed by atoms with Crippen LogP contribution in [-0.2, 0) is 36.8 Å². The number of nitrogens with one attached hydrogen (secondary N) is 3. The minimum absolute atomic E-state index is 0.155. The molecule has 3 rings (SSSR count). The Morgan fingerprint density at radius 1 is 0.895 bits per heavy atom. The molecule has 0 saturated carbocycles. The van der Waals surface area contributed by atoms with Crippen molar-refractivity contribution in [2.45, 2.75) is 77.1 Å². The number of amides is 3. The quantitative estimate of drug-likeness (QED) is 0.326. The monoisotopic (exact) mass is 522 g/mol. The van der Waals surface area contributed by atoms with Crippen LogP contribution in [0.5, 0.6) is 0 Å². The molecule has 3 amide bonds. The Bertz CT molecular complexity index is 1100. The number of carbonyl (C=O) groups is 4. The van der Waals surface area contributed by atoms with Gasteiger partial charge in [0.25, 0.3) is 0 Å². The fourth-order valence-corrected chi connectivity index (χ4v) is 4.30. The zero-order valence-electron chi connectivity index (χ0n) is 22.5. The van der Waals surface area contributed by atoms with Crippen molar-refractivity contribution < 1.29 is 23.9 Å². The van der Waals surface area contributed by atoms with E-state index in [4.69, 9.17) is 4.74 Å². The van der Waals surface area contributed by atoms with Gasteiger partial charge in [-0.2, -0.15) is 0 Å². The van der Waals surface area contributed by atoms with Gasteiger partial charge in [0.05, 0.1) is 12.6 Å². The number of pyridine rings is 1.